The first-order valence-electron chi connectivity index (χ1n) is 19.0. The molecule has 2 N–H and O–H groups in total. The summed E-state index contributed by atoms with van der Waals surface area (Å²) in [5, 5.41) is 13.1. The standard InChI is InChI=1S/C38H75NO3/c1-5-8-10-12-14-16-18-19-20-21-22-23-24-26-28-30-32-35(7-3)36(38(41)42)34(4)37(40)39-33-31-29-27-25-17-15-13-11-9-6-2/h34-36H,5-33H2,1-4H3,(H,39,40)(H,41,42). The molecule has 0 aliphatic carbocycles. The number of carbonyl (C=O) groups excluding carboxylic acids is 1. The van der Waals surface area contributed by atoms with Crippen LogP contribution in [0.15, 0.2) is 0 Å². The van der Waals surface area contributed by atoms with Crippen LogP contribution in [0, 0.1) is 17.8 Å². The van der Waals surface area contributed by atoms with Crippen LogP contribution in [0.25, 0.3) is 0 Å². The molecule has 3 atom stereocenters. The number of carboxylic acid groups (broad SMARTS) is 1. The molecule has 0 rings (SSSR count). The van der Waals surface area contributed by atoms with Crippen LogP contribution in [0.1, 0.15) is 207 Å². The highest BCUT2D eigenvalue weighted by molar-refractivity contribution is 5.84. The van der Waals surface area contributed by atoms with E-state index >= 15 is 0 Å². The Labute approximate surface area is 263 Å². The van der Waals surface area contributed by atoms with E-state index in [4.69, 9.17) is 0 Å². The minimum absolute atomic E-state index is 0.0761. The average molecular weight is 594 g/mol. The minimum Gasteiger partial charge on any atom is -0.481 e. The number of aliphatic carboxylic acids is 1. The summed E-state index contributed by atoms with van der Waals surface area (Å²) in [5.41, 5.74) is 0. The predicted octanol–water partition coefficient (Wildman–Crippen LogP) is 12.0. The van der Waals surface area contributed by atoms with Crippen molar-refractivity contribution in [1.82, 2.24) is 5.32 Å². The summed E-state index contributed by atoms with van der Waals surface area (Å²) < 4.78 is 0. The molecule has 0 fully saturated rings. The van der Waals surface area contributed by atoms with Crippen LogP contribution in [-0.4, -0.2) is 23.5 Å². The summed E-state index contributed by atoms with van der Waals surface area (Å²) in [6.07, 6.45) is 36.0. The molecule has 3 unspecified atom stereocenters. The smallest absolute Gasteiger partial charge is 0.307 e. The van der Waals surface area contributed by atoms with Crippen LogP contribution in [0.3, 0.4) is 0 Å². The van der Waals surface area contributed by atoms with Gasteiger partial charge in [-0.05, 0) is 18.8 Å². The zero-order valence-electron chi connectivity index (χ0n) is 29.0. The number of hydrogen-bond donors (Lipinski definition) is 2. The second kappa shape index (κ2) is 31.4. The number of unbranched alkanes of at least 4 members (excludes halogenated alkanes) is 24. The molecule has 42 heavy (non-hydrogen) atoms. The molecule has 0 aliphatic heterocycles. The van der Waals surface area contributed by atoms with Gasteiger partial charge in [0.1, 0.15) is 0 Å². The van der Waals surface area contributed by atoms with E-state index in [0.29, 0.717) is 6.54 Å². The fourth-order valence-electron chi connectivity index (χ4n) is 6.56. The highest BCUT2D eigenvalue weighted by Gasteiger charge is 2.35. The van der Waals surface area contributed by atoms with Crippen molar-refractivity contribution in [1.29, 1.82) is 0 Å². The monoisotopic (exact) mass is 594 g/mol. The summed E-state index contributed by atoms with van der Waals surface area (Å²) in [6, 6.07) is 0. The third-order valence-corrected chi connectivity index (χ3v) is 9.53. The van der Waals surface area contributed by atoms with Crippen molar-refractivity contribution in [3.63, 3.8) is 0 Å². The molecule has 0 aromatic carbocycles. The Bertz CT molecular complexity index is 593. The Morgan fingerprint density at radius 3 is 1.19 bits per heavy atom. The lowest BCUT2D eigenvalue weighted by Gasteiger charge is -2.27. The van der Waals surface area contributed by atoms with Gasteiger partial charge in [-0.2, -0.15) is 0 Å². The molecular formula is C38H75NO3. The summed E-state index contributed by atoms with van der Waals surface area (Å²) in [6.45, 7) is 9.11. The molecule has 0 radical (unpaired) electrons. The van der Waals surface area contributed by atoms with E-state index in [9.17, 15) is 14.7 Å². The highest BCUT2D eigenvalue weighted by atomic mass is 16.4. The fourth-order valence-corrected chi connectivity index (χ4v) is 6.56. The number of carbonyl (C=O) groups is 2. The quantitative estimate of drug-likeness (QED) is 0.0744. The van der Waals surface area contributed by atoms with Crippen LogP contribution in [-0.2, 0) is 9.59 Å². The molecule has 0 aromatic rings. The van der Waals surface area contributed by atoms with Gasteiger partial charge in [-0.3, -0.25) is 9.59 Å². The number of amides is 1. The second-order valence-electron chi connectivity index (χ2n) is 13.4. The number of rotatable bonds is 33. The maximum Gasteiger partial charge on any atom is 0.307 e. The zero-order valence-corrected chi connectivity index (χ0v) is 29.0. The van der Waals surface area contributed by atoms with E-state index < -0.39 is 17.8 Å². The van der Waals surface area contributed by atoms with Crippen molar-refractivity contribution in [2.45, 2.75) is 207 Å². The molecule has 0 aliphatic rings. The van der Waals surface area contributed by atoms with Crippen LogP contribution in [0.2, 0.25) is 0 Å². The Hall–Kier alpha value is -1.06. The minimum atomic E-state index is -0.806. The fraction of sp³-hybridized carbons (Fsp3) is 0.947. The van der Waals surface area contributed by atoms with E-state index in [2.05, 4.69) is 26.1 Å². The van der Waals surface area contributed by atoms with Gasteiger partial charge in [0.25, 0.3) is 0 Å². The number of carboxylic acids is 1. The lowest BCUT2D eigenvalue weighted by molar-refractivity contribution is -0.149. The van der Waals surface area contributed by atoms with Gasteiger partial charge in [0.15, 0.2) is 0 Å². The maximum atomic E-state index is 12.8. The zero-order chi connectivity index (χ0) is 31.1. The van der Waals surface area contributed by atoms with Gasteiger partial charge < -0.3 is 10.4 Å². The van der Waals surface area contributed by atoms with E-state index in [-0.39, 0.29) is 11.8 Å². The first-order valence-corrected chi connectivity index (χ1v) is 19.0. The van der Waals surface area contributed by atoms with Gasteiger partial charge in [0.05, 0.1) is 5.92 Å². The normalized spacial score (nSPS) is 13.6. The second-order valence-corrected chi connectivity index (χ2v) is 13.4. The maximum absolute atomic E-state index is 12.8. The van der Waals surface area contributed by atoms with E-state index in [0.717, 1.165) is 32.1 Å². The average Bonchev–Trinajstić information content (AvgIpc) is 2.98. The van der Waals surface area contributed by atoms with Gasteiger partial charge in [-0.15, -0.1) is 0 Å². The molecule has 0 saturated carbocycles. The molecule has 1 amide bonds. The molecule has 4 heteroatoms. The first kappa shape index (κ1) is 40.9. The highest BCUT2D eigenvalue weighted by Crippen LogP contribution is 2.30. The molecule has 250 valence electrons. The van der Waals surface area contributed by atoms with Gasteiger partial charge >= 0.3 is 5.97 Å². The van der Waals surface area contributed by atoms with Crippen LogP contribution >= 0.6 is 0 Å². The Kier molecular flexibility index (Phi) is 30.6. The summed E-state index contributed by atoms with van der Waals surface area (Å²) in [4.78, 5) is 25.0. The van der Waals surface area contributed by atoms with Crippen molar-refractivity contribution in [2.75, 3.05) is 6.54 Å². The summed E-state index contributed by atoms with van der Waals surface area (Å²) >= 11 is 0. The van der Waals surface area contributed by atoms with Crippen molar-refractivity contribution in [2.24, 2.45) is 17.8 Å². The lowest BCUT2D eigenvalue weighted by atomic mass is 9.77. The number of nitrogens with one attached hydrogen (secondary N) is 1. The third kappa shape index (κ3) is 24.4. The van der Waals surface area contributed by atoms with Crippen LogP contribution < -0.4 is 5.32 Å². The van der Waals surface area contributed by atoms with Crippen molar-refractivity contribution in [3.8, 4) is 0 Å². The Morgan fingerprint density at radius 1 is 0.524 bits per heavy atom. The molecule has 0 heterocycles. The lowest BCUT2D eigenvalue weighted by Crippen LogP contribution is -2.40. The van der Waals surface area contributed by atoms with Gasteiger partial charge in [-0.1, -0.05) is 195 Å². The van der Waals surface area contributed by atoms with E-state index in [1.54, 1.807) is 0 Å². The Balaban J connectivity index is 3.94. The van der Waals surface area contributed by atoms with Gasteiger partial charge in [0, 0.05) is 12.5 Å². The summed E-state index contributed by atoms with van der Waals surface area (Å²) in [5.74, 6) is -1.87. The molecule has 0 spiro atoms. The molecule has 0 bridgehead atoms. The topological polar surface area (TPSA) is 66.4 Å². The van der Waals surface area contributed by atoms with Crippen molar-refractivity contribution < 1.29 is 14.7 Å². The predicted molar refractivity (Wildman–Crippen MR) is 183 cm³/mol. The van der Waals surface area contributed by atoms with Crippen molar-refractivity contribution in [3.05, 3.63) is 0 Å². The largest absolute Gasteiger partial charge is 0.481 e. The van der Waals surface area contributed by atoms with Crippen LogP contribution in [0.5, 0.6) is 0 Å². The SMILES string of the molecule is CCCCCCCCCCCCCCCCCCC(CC)C(C(=O)O)C(C)C(=O)NCCCCCCCCCCCC. The Morgan fingerprint density at radius 2 is 0.857 bits per heavy atom. The van der Waals surface area contributed by atoms with Crippen molar-refractivity contribution >= 4 is 11.9 Å². The number of hydrogen-bond acceptors (Lipinski definition) is 2. The van der Waals surface area contributed by atoms with E-state index in [1.807, 2.05) is 6.92 Å². The molecular weight excluding hydrogens is 518 g/mol. The van der Waals surface area contributed by atoms with Crippen LogP contribution in [0.4, 0.5) is 0 Å². The summed E-state index contributed by atoms with van der Waals surface area (Å²) in [7, 11) is 0. The first-order chi connectivity index (χ1) is 20.5. The van der Waals surface area contributed by atoms with Gasteiger partial charge in [0.2, 0.25) is 5.91 Å². The van der Waals surface area contributed by atoms with Gasteiger partial charge in [-0.25, -0.2) is 0 Å². The van der Waals surface area contributed by atoms with E-state index in [1.165, 1.54) is 148 Å². The molecule has 0 aromatic heterocycles. The third-order valence-electron chi connectivity index (χ3n) is 9.53. The molecule has 0 saturated heterocycles. The molecule has 4 nitrogen and oxygen atoms in total.